The molecule has 0 saturated carbocycles. The molecule has 124 valence electrons. The van der Waals surface area contributed by atoms with E-state index in [1.54, 1.807) is 6.20 Å². The van der Waals surface area contributed by atoms with Gasteiger partial charge in [0.2, 0.25) is 0 Å². The number of hydrogen-bond acceptors (Lipinski definition) is 4. The number of hydrogen-bond donors (Lipinski definition) is 1. The van der Waals surface area contributed by atoms with Gasteiger partial charge < -0.3 is 5.73 Å². The molecule has 0 spiro atoms. The quantitative estimate of drug-likeness (QED) is 0.854. The van der Waals surface area contributed by atoms with E-state index in [4.69, 9.17) is 5.73 Å². The maximum absolute atomic E-state index is 12.1. The second-order valence-corrected chi connectivity index (χ2v) is 7.25. The summed E-state index contributed by atoms with van der Waals surface area (Å²) in [5.41, 5.74) is 7.41. The van der Waals surface area contributed by atoms with Gasteiger partial charge in [0.1, 0.15) is 0 Å². The molecule has 1 atom stereocenters. The van der Waals surface area contributed by atoms with Gasteiger partial charge in [-0.05, 0) is 24.1 Å². The lowest BCUT2D eigenvalue weighted by Crippen LogP contribution is -2.30. The zero-order chi connectivity index (χ0) is 14.6. The van der Waals surface area contributed by atoms with Gasteiger partial charge in [-0.15, -0.1) is 24.8 Å². The molecule has 0 aliphatic rings. The zero-order valence-electron chi connectivity index (χ0n) is 12.4. The predicted molar refractivity (Wildman–Crippen MR) is 96.6 cm³/mol. The van der Waals surface area contributed by atoms with Crippen molar-refractivity contribution in [3.8, 4) is 0 Å². The van der Waals surface area contributed by atoms with E-state index in [0.717, 1.165) is 23.7 Å². The van der Waals surface area contributed by atoms with Crippen molar-refractivity contribution in [2.24, 2.45) is 5.73 Å². The average molecular weight is 365 g/mol. The summed E-state index contributed by atoms with van der Waals surface area (Å²) in [5.74, 6) is 0.0376. The van der Waals surface area contributed by atoms with Crippen LogP contribution in [0.3, 0.4) is 0 Å². The molecular formula is C15H22Cl2N2O2S. The van der Waals surface area contributed by atoms with E-state index in [-0.39, 0.29) is 42.4 Å². The van der Waals surface area contributed by atoms with Gasteiger partial charge in [0.05, 0.1) is 17.0 Å². The van der Waals surface area contributed by atoms with E-state index in [1.807, 2.05) is 37.3 Å². The van der Waals surface area contributed by atoms with Crippen LogP contribution < -0.4 is 5.73 Å². The van der Waals surface area contributed by atoms with Crippen molar-refractivity contribution in [2.45, 2.75) is 31.6 Å². The molecule has 0 aliphatic heterocycles. The van der Waals surface area contributed by atoms with Crippen LogP contribution in [0.1, 0.15) is 25.3 Å². The summed E-state index contributed by atoms with van der Waals surface area (Å²) < 4.78 is 24.2. The fourth-order valence-electron chi connectivity index (χ4n) is 2.29. The van der Waals surface area contributed by atoms with Gasteiger partial charge in [0.15, 0.2) is 9.84 Å². The van der Waals surface area contributed by atoms with Gasteiger partial charge in [0, 0.05) is 17.6 Å². The SMILES string of the molecule is CCCC(N)CS(=O)(=O)Cc1cnc2ccccc2c1.Cl.Cl. The summed E-state index contributed by atoms with van der Waals surface area (Å²) in [5, 5.41) is 0.957. The van der Waals surface area contributed by atoms with Crippen molar-refractivity contribution in [3.63, 3.8) is 0 Å². The largest absolute Gasteiger partial charge is 0.327 e. The molecule has 2 aromatic rings. The summed E-state index contributed by atoms with van der Waals surface area (Å²) in [6.07, 6.45) is 3.26. The van der Waals surface area contributed by atoms with Crippen molar-refractivity contribution in [3.05, 3.63) is 42.1 Å². The molecule has 0 amide bonds. The van der Waals surface area contributed by atoms with Crippen LogP contribution in [-0.2, 0) is 15.6 Å². The highest BCUT2D eigenvalue weighted by molar-refractivity contribution is 7.90. The van der Waals surface area contributed by atoms with E-state index in [9.17, 15) is 8.42 Å². The monoisotopic (exact) mass is 364 g/mol. The van der Waals surface area contributed by atoms with Crippen molar-refractivity contribution < 1.29 is 8.42 Å². The fourth-order valence-corrected chi connectivity index (χ4v) is 3.89. The molecule has 0 bridgehead atoms. The number of benzene rings is 1. The van der Waals surface area contributed by atoms with E-state index < -0.39 is 9.84 Å². The number of para-hydroxylation sites is 1. The van der Waals surface area contributed by atoms with Gasteiger partial charge in [-0.25, -0.2) is 8.42 Å². The summed E-state index contributed by atoms with van der Waals surface area (Å²) in [4.78, 5) is 4.29. The molecule has 1 heterocycles. The van der Waals surface area contributed by atoms with Gasteiger partial charge in [-0.3, -0.25) is 4.98 Å². The second kappa shape index (κ2) is 9.30. The Morgan fingerprint density at radius 3 is 2.59 bits per heavy atom. The van der Waals surface area contributed by atoms with Crippen LogP contribution in [0.2, 0.25) is 0 Å². The number of nitrogens with zero attached hydrogens (tertiary/aromatic N) is 1. The maximum atomic E-state index is 12.1. The van der Waals surface area contributed by atoms with Gasteiger partial charge in [0.25, 0.3) is 0 Å². The lowest BCUT2D eigenvalue weighted by Gasteiger charge is -2.11. The molecule has 0 aliphatic carbocycles. The Morgan fingerprint density at radius 1 is 1.23 bits per heavy atom. The van der Waals surface area contributed by atoms with E-state index in [1.165, 1.54) is 0 Å². The van der Waals surface area contributed by atoms with Gasteiger partial charge >= 0.3 is 0 Å². The second-order valence-electron chi connectivity index (χ2n) is 5.14. The molecular weight excluding hydrogens is 343 g/mol. The number of nitrogens with two attached hydrogens (primary N) is 1. The number of halogens is 2. The Hall–Kier alpha value is -0.880. The Labute approximate surface area is 144 Å². The third kappa shape index (κ3) is 6.08. The molecule has 22 heavy (non-hydrogen) atoms. The molecule has 0 saturated heterocycles. The molecule has 2 rings (SSSR count). The third-order valence-electron chi connectivity index (χ3n) is 3.16. The minimum atomic E-state index is -3.19. The minimum Gasteiger partial charge on any atom is -0.327 e. The van der Waals surface area contributed by atoms with E-state index in [0.29, 0.717) is 5.56 Å². The summed E-state index contributed by atoms with van der Waals surface area (Å²) in [6, 6.07) is 9.27. The van der Waals surface area contributed by atoms with Crippen LogP contribution in [0.15, 0.2) is 36.5 Å². The van der Waals surface area contributed by atoms with Crippen molar-refractivity contribution >= 4 is 45.6 Å². The average Bonchev–Trinajstić information content (AvgIpc) is 2.37. The Morgan fingerprint density at radius 2 is 1.91 bits per heavy atom. The van der Waals surface area contributed by atoms with Crippen molar-refractivity contribution in [2.75, 3.05) is 5.75 Å². The van der Waals surface area contributed by atoms with E-state index >= 15 is 0 Å². The minimum absolute atomic E-state index is 0. The lowest BCUT2D eigenvalue weighted by atomic mass is 10.2. The molecule has 0 radical (unpaired) electrons. The van der Waals surface area contributed by atoms with E-state index in [2.05, 4.69) is 4.98 Å². The first kappa shape index (κ1) is 21.1. The zero-order valence-corrected chi connectivity index (χ0v) is 14.9. The molecule has 4 nitrogen and oxygen atoms in total. The van der Waals surface area contributed by atoms with Gasteiger partial charge in [-0.2, -0.15) is 0 Å². The van der Waals surface area contributed by atoms with Crippen LogP contribution in [0.5, 0.6) is 0 Å². The molecule has 2 N–H and O–H groups in total. The Kier molecular flexibility index (Phi) is 8.93. The summed E-state index contributed by atoms with van der Waals surface area (Å²) in [6.45, 7) is 2.00. The van der Waals surface area contributed by atoms with Crippen LogP contribution in [0, 0.1) is 0 Å². The number of fused-ring (bicyclic) bond motifs is 1. The highest BCUT2D eigenvalue weighted by Gasteiger charge is 2.17. The van der Waals surface area contributed by atoms with Gasteiger partial charge in [-0.1, -0.05) is 31.5 Å². The fraction of sp³-hybridized carbons (Fsp3) is 0.400. The van der Waals surface area contributed by atoms with Crippen LogP contribution >= 0.6 is 24.8 Å². The smallest absolute Gasteiger partial charge is 0.156 e. The molecule has 0 fully saturated rings. The molecule has 1 aromatic carbocycles. The normalized spacial score (nSPS) is 12.3. The first-order valence-corrected chi connectivity index (χ1v) is 8.62. The number of sulfone groups is 1. The predicted octanol–water partition coefficient (Wildman–Crippen LogP) is 3.12. The summed E-state index contributed by atoms with van der Waals surface area (Å²) in [7, 11) is -3.19. The molecule has 7 heteroatoms. The summed E-state index contributed by atoms with van der Waals surface area (Å²) >= 11 is 0. The standard InChI is InChI=1S/C15H20N2O2S.2ClH/c1-2-5-14(16)11-20(18,19)10-12-8-13-6-3-4-7-15(13)17-9-12;;/h3-4,6-9,14H,2,5,10-11,16H2,1H3;2*1H. The van der Waals surface area contributed by atoms with Crippen molar-refractivity contribution in [1.82, 2.24) is 4.98 Å². The third-order valence-corrected chi connectivity index (χ3v) is 4.87. The first-order chi connectivity index (χ1) is 9.50. The molecule has 1 aromatic heterocycles. The highest BCUT2D eigenvalue weighted by atomic mass is 35.5. The number of rotatable bonds is 6. The molecule has 1 unspecified atom stereocenters. The van der Waals surface area contributed by atoms with Crippen molar-refractivity contribution in [1.29, 1.82) is 0 Å². The van der Waals surface area contributed by atoms with Crippen LogP contribution in [0.25, 0.3) is 10.9 Å². The topological polar surface area (TPSA) is 73.1 Å². The number of aromatic nitrogens is 1. The maximum Gasteiger partial charge on any atom is 0.156 e. The Bertz CT molecular complexity index is 693. The Balaban J connectivity index is 0.00000220. The van der Waals surface area contributed by atoms with Crippen LogP contribution in [0.4, 0.5) is 0 Å². The van der Waals surface area contributed by atoms with Crippen LogP contribution in [-0.4, -0.2) is 25.2 Å². The highest BCUT2D eigenvalue weighted by Crippen LogP contribution is 2.15. The number of pyridine rings is 1. The lowest BCUT2D eigenvalue weighted by molar-refractivity contribution is 0.576. The first-order valence-electron chi connectivity index (χ1n) is 6.80.